The summed E-state index contributed by atoms with van der Waals surface area (Å²) in [6, 6.07) is 8.66. The van der Waals surface area contributed by atoms with Gasteiger partial charge in [0.25, 0.3) is 0 Å². The molecule has 0 aliphatic rings. The van der Waals surface area contributed by atoms with Gasteiger partial charge in [-0.15, -0.1) is 0 Å². The fourth-order valence-corrected chi connectivity index (χ4v) is 1.71. The molecule has 20 heavy (non-hydrogen) atoms. The van der Waals surface area contributed by atoms with E-state index in [9.17, 15) is 4.79 Å². The van der Waals surface area contributed by atoms with Gasteiger partial charge in [-0.2, -0.15) is 0 Å². The van der Waals surface area contributed by atoms with Gasteiger partial charge in [0.15, 0.2) is 0 Å². The van der Waals surface area contributed by atoms with Crippen molar-refractivity contribution >= 4 is 21.9 Å². The maximum atomic E-state index is 11.8. The molecular weight excluding hydrogens is 324 g/mol. The van der Waals surface area contributed by atoms with Crippen LogP contribution in [0.3, 0.4) is 0 Å². The molecule has 2 rings (SSSR count). The van der Waals surface area contributed by atoms with Crippen LogP contribution >= 0.6 is 15.9 Å². The number of carbonyl (C=O) groups excluding carboxylic acids is 1. The summed E-state index contributed by atoms with van der Waals surface area (Å²) in [5, 5.41) is 0. The minimum Gasteiger partial charge on any atom is -0.478 e. The van der Waals surface area contributed by atoms with Gasteiger partial charge in [0.2, 0.25) is 5.88 Å². The van der Waals surface area contributed by atoms with Crippen molar-refractivity contribution in [3.05, 3.63) is 52.4 Å². The molecule has 0 radical (unpaired) electrons. The van der Waals surface area contributed by atoms with Crippen molar-refractivity contribution in [2.24, 2.45) is 0 Å². The molecule has 0 aliphatic carbocycles. The largest absolute Gasteiger partial charge is 0.478 e. The third kappa shape index (κ3) is 4.03. The van der Waals surface area contributed by atoms with E-state index in [1.54, 1.807) is 36.5 Å². The Bertz CT molecular complexity index is 587. The number of hydrogen-bond donors (Lipinski definition) is 0. The molecule has 0 amide bonds. The normalized spacial score (nSPS) is 10.1. The Labute approximate surface area is 125 Å². The summed E-state index contributed by atoms with van der Waals surface area (Å²) in [5.74, 6) is 0.0314. The standard InChI is InChI=1S/C14H13BrN2O3/c1-2-19-13-5-3-4-11(17-13)9-20-14(18)12-7-6-10(15)8-16-12/h3-8H,2,9H2,1H3. The third-order valence-corrected chi connectivity index (χ3v) is 2.83. The Morgan fingerprint density at radius 3 is 2.85 bits per heavy atom. The van der Waals surface area contributed by atoms with Crippen molar-refractivity contribution in [2.45, 2.75) is 13.5 Å². The fraction of sp³-hybridized carbons (Fsp3) is 0.214. The topological polar surface area (TPSA) is 61.3 Å². The number of ether oxygens (including phenoxy) is 2. The molecule has 0 aliphatic heterocycles. The number of halogens is 1. The zero-order valence-corrected chi connectivity index (χ0v) is 12.5. The van der Waals surface area contributed by atoms with E-state index >= 15 is 0 Å². The van der Waals surface area contributed by atoms with Gasteiger partial charge in [0, 0.05) is 16.7 Å². The lowest BCUT2D eigenvalue weighted by molar-refractivity contribution is 0.0460. The van der Waals surface area contributed by atoms with Crippen LogP contribution in [0.25, 0.3) is 0 Å². The highest BCUT2D eigenvalue weighted by Gasteiger charge is 2.09. The van der Waals surface area contributed by atoms with Crippen LogP contribution in [-0.2, 0) is 11.3 Å². The van der Waals surface area contributed by atoms with E-state index in [1.165, 1.54) is 0 Å². The quantitative estimate of drug-likeness (QED) is 0.785. The fourth-order valence-electron chi connectivity index (χ4n) is 1.48. The molecule has 0 spiro atoms. The highest BCUT2D eigenvalue weighted by molar-refractivity contribution is 9.10. The minimum atomic E-state index is -0.485. The lowest BCUT2D eigenvalue weighted by Gasteiger charge is -2.06. The summed E-state index contributed by atoms with van der Waals surface area (Å²) in [6.07, 6.45) is 1.55. The first-order valence-corrected chi connectivity index (χ1v) is 6.85. The molecule has 5 nitrogen and oxygen atoms in total. The molecule has 104 valence electrons. The lowest BCUT2D eigenvalue weighted by atomic mass is 10.3. The van der Waals surface area contributed by atoms with Gasteiger partial charge in [0.1, 0.15) is 12.3 Å². The predicted molar refractivity (Wildman–Crippen MR) is 76.5 cm³/mol. The summed E-state index contributed by atoms with van der Waals surface area (Å²) < 4.78 is 11.2. The molecule has 2 heterocycles. The van der Waals surface area contributed by atoms with Crippen molar-refractivity contribution in [2.75, 3.05) is 6.61 Å². The zero-order chi connectivity index (χ0) is 14.4. The Morgan fingerprint density at radius 2 is 2.15 bits per heavy atom. The summed E-state index contributed by atoms with van der Waals surface area (Å²) in [6.45, 7) is 2.50. The van der Waals surface area contributed by atoms with Crippen molar-refractivity contribution < 1.29 is 14.3 Å². The predicted octanol–water partition coefficient (Wildman–Crippen LogP) is 2.99. The molecule has 2 aromatic heterocycles. The molecule has 0 unspecified atom stereocenters. The van der Waals surface area contributed by atoms with E-state index in [2.05, 4.69) is 25.9 Å². The van der Waals surface area contributed by atoms with Crippen molar-refractivity contribution in [1.29, 1.82) is 0 Å². The van der Waals surface area contributed by atoms with Crippen LogP contribution < -0.4 is 4.74 Å². The molecule has 0 saturated heterocycles. The Kier molecular flexibility index (Phi) is 5.06. The lowest BCUT2D eigenvalue weighted by Crippen LogP contribution is -2.08. The zero-order valence-electron chi connectivity index (χ0n) is 10.9. The first kappa shape index (κ1) is 14.5. The number of hydrogen-bond acceptors (Lipinski definition) is 5. The van der Waals surface area contributed by atoms with Gasteiger partial charge < -0.3 is 9.47 Å². The van der Waals surface area contributed by atoms with Gasteiger partial charge >= 0.3 is 5.97 Å². The summed E-state index contributed by atoms with van der Waals surface area (Å²) in [7, 11) is 0. The summed E-state index contributed by atoms with van der Waals surface area (Å²) >= 11 is 3.25. The number of esters is 1. The average Bonchev–Trinajstić information content (AvgIpc) is 2.46. The maximum absolute atomic E-state index is 11.8. The monoisotopic (exact) mass is 336 g/mol. The van der Waals surface area contributed by atoms with E-state index in [4.69, 9.17) is 9.47 Å². The van der Waals surface area contributed by atoms with Crippen LogP contribution in [0.1, 0.15) is 23.1 Å². The van der Waals surface area contributed by atoms with Crippen molar-refractivity contribution in [1.82, 2.24) is 9.97 Å². The highest BCUT2D eigenvalue weighted by atomic mass is 79.9. The molecular formula is C14H13BrN2O3. The number of aromatic nitrogens is 2. The molecule has 0 aromatic carbocycles. The van der Waals surface area contributed by atoms with Gasteiger partial charge in [0.05, 0.1) is 12.3 Å². The van der Waals surface area contributed by atoms with Gasteiger partial charge in [-0.25, -0.2) is 14.8 Å². The number of carbonyl (C=O) groups is 1. The molecule has 6 heteroatoms. The van der Waals surface area contributed by atoms with Gasteiger partial charge in [-0.3, -0.25) is 0 Å². The second-order valence-electron chi connectivity index (χ2n) is 3.84. The molecule has 0 fully saturated rings. The van der Waals surface area contributed by atoms with Gasteiger partial charge in [-0.05, 0) is 41.1 Å². The van der Waals surface area contributed by atoms with E-state index < -0.39 is 5.97 Å². The average molecular weight is 337 g/mol. The Hall–Kier alpha value is -1.95. The number of nitrogens with zero attached hydrogens (tertiary/aromatic N) is 2. The SMILES string of the molecule is CCOc1cccc(COC(=O)c2ccc(Br)cn2)n1. The first-order valence-electron chi connectivity index (χ1n) is 6.06. The van der Waals surface area contributed by atoms with Crippen LogP contribution in [0.4, 0.5) is 0 Å². The number of pyridine rings is 2. The van der Waals surface area contributed by atoms with Crippen LogP contribution in [0.2, 0.25) is 0 Å². The second kappa shape index (κ2) is 7.00. The van der Waals surface area contributed by atoms with Crippen molar-refractivity contribution in [3.63, 3.8) is 0 Å². The minimum absolute atomic E-state index is 0.0808. The van der Waals surface area contributed by atoms with E-state index in [0.717, 1.165) is 4.47 Å². The van der Waals surface area contributed by atoms with Crippen LogP contribution in [0, 0.1) is 0 Å². The Morgan fingerprint density at radius 1 is 1.30 bits per heavy atom. The number of rotatable bonds is 5. The molecule has 0 atom stereocenters. The van der Waals surface area contributed by atoms with Crippen LogP contribution in [0.15, 0.2) is 41.0 Å². The van der Waals surface area contributed by atoms with E-state index in [1.807, 2.05) is 6.92 Å². The highest BCUT2D eigenvalue weighted by Crippen LogP contribution is 2.11. The van der Waals surface area contributed by atoms with E-state index in [-0.39, 0.29) is 12.3 Å². The summed E-state index contributed by atoms with van der Waals surface area (Å²) in [5.41, 5.74) is 0.885. The van der Waals surface area contributed by atoms with E-state index in [0.29, 0.717) is 18.2 Å². The van der Waals surface area contributed by atoms with Gasteiger partial charge in [-0.1, -0.05) is 6.07 Å². The van der Waals surface area contributed by atoms with Crippen LogP contribution in [0.5, 0.6) is 5.88 Å². The summed E-state index contributed by atoms with van der Waals surface area (Å²) in [4.78, 5) is 20.0. The molecule has 0 N–H and O–H groups in total. The molecule has 2 aromatic rings. The first-order chi connectivity index (χ1) is 9.69. The second-order valence-corrected chi connectivity index (χ2v) is 4.75. The Balaban J connectivity index is 1.96. The third-order valence-electron chi connectivity index (χ3n) is 2.36. The molecule has 0 bridgehead atoms. The molecule has 0 saturated carbocycles. The van der Waals surface area contributed by atoms with Crippen molar-refractivity contribution in [3.8, 4) is 5.88 Å². The smallest absolute Gasteiger partial charge is 0.357 e. The maximum Gasteiger partial charge on any atom is 0.357 e. The van der Waals surface area contributed by atoms with Crippen LogP contribution in [-0.4, -0.2) is 22.5 Å².